The van der Waals surface area contributed by atoms with Crippen LogP contribution in [0.1, 0.15) is 15.2 Å². The molecule has 21 heavy (non-hydrogen) atoms. The first-order valence-corrected chi connectivity index (χ1v) is 7.17. The molecule has 110 valence electrons. The van der Waals surface area contributed by atoms with E-state index < -0.39 is 5.97 Å². The summed E-state index contributed by atoms with van der Waals surface area (Å²) in [6, 6.07) is 8.09. The highest BCUT2D eigenvalue weighted by molar-refractivity contribution is 7.18. The molecule has 0 unspecified atom stereocenters. The highest BCUT2D eigenvalue weighted by atomic mass is 35.5. The molecule has 0 saturated carbocycles. The van der Waals surface area contributed by atoms with E-state index in [-0.39, 0.29) is 17.4 Å². The smallest absolute Gasteiger partial charge is 0.345 e. The largest absolute Gasteiger partial charge is 0.484 e. The maximum Gasteiger partial charge on any atom is 0.345 e. The quantitative estimate of drug-likeness (QED) is 0.883. The number of carbonyl (C=O) groups excluding carboxylic acids is 1. The number of carbonyl (C=O) groups is 2. The van der Waals surface area contributed by atoms with Gasteiger partial charge < -0.3 is 15.2 Å². The van der Waals surface area contributed by atoms with Crippen LogP contribution in [-0.2, 0) is 4.79 Å². The molecule has 1 heterocycles. The summed E-state index contributed by atoms with van der Waals surface area (Å²) in [5.74, 6) is -0.834. The predicted octanol–water partition coefficient (Wildman–Crippen LogP) is 3.43. The summed E-state index contributed by atoms with van der Waals surface area (Å²) in [7, 11) is 0. The Labute approximate surface area is 130 Å². The minimum Gasteiger partial charge on any atom is -0.484 e. The fourth-order valence-electron chi connectivity index (χ4n) is 1.55. The van der Waals surface area contributed by atoms with E-state index in [1.165, 1.54) is 6.07 Å². The van der Waals surface area contributed by atoms with Gasteiger partial charge in [0.15, 0.2) is 6.61 Å². The van der Waals surface area contributed by atoms with Crippen LogP contribution in [0.2, 0.25) is 5.02 Å². The van der Waals surface area contributed by atoms with E-state index in [9.17, 15) is 9.59 Å². The Morgan fingerprint density at radius 3 is 2.71 bits per heavy atom. The van der Waals surface area contributed by atoms with Crippen molar-refractivity contribution in [3.63, 3.8) is 0 Å². The Balaban J connectivity index is 1.89. The van der Waals surface area contributed by atoms with Gasteiger partial charge in [-0.2, -0.15) is 0 Å². The molecular weight excluding hydrogens is 314 g/mol. The molecule has 2 aromatic rings. The summed E-state index contributed by atoms with van der Waals surface area (Å²) in [4.78, 5) is 22.6. The van der Waals surface area contributed by atoms with Gasteiger partial charge in [0, 0.05) is 5.02 Å². The van der Waals surface area contributed by atoms with E-state index in [0.717, 1.165) is 16.9 Å². The molecule has 1 aromatic carbocycles. The number of hydrogen-bond acceptors (Lipinski definition) is 4. The maximum atomic E-state index is 11.7. The second-order valence-electron chi connectivity index (χ2n) is 4.22. The zero-order chi connectivity index (χ0) is 15.4. The van der Waals surface area contributed by atoms with Gasteiger partial charge in [-0.3, -0.25) is 4.79 Å². The number of carboxylic acids is 1. The van der Waals surface area contributed by atoms with Gasteiger partial charge >= 0.3 is 5.97 Å². The number of benzene rings is 1. The minimum absolute atomic E-state index is 0.165. The second-order valence-corrected chi connectivity index (χ2v) is 5.71. The van der Waals surface area contributed by atoms with Crippen molar-refractivity contribution in [1.29, 1.82) is 0 Å². The lowest BCUT2D eigenvalue weighted by molar-refractivity contribution is -0.118. The molecule has 0 aliphatic carbocycles. The summed E-state index contributed by atoms with van der Waals surface area (Å²) in [6.45, 7) is 1.68. The zero-order valence-electron chi connectivity index (χ0n) is 11.1. The van der Waals surface area contributed by atoms with Crippen LogP contribution >= 0.6 is 22.9 Å². The summed E-state index contributed by atoms with van der Waals surface area (Å²) in [5, 5.41) is 12.5. The van der Waals surface area contributed by atoms with Gasteiger partial charge in [-0.05, 0) is 42.8 Å². The summed E-state index contributed by atoms with van der Waals surface area (Å²) < 4.78 is 5.35. The summed E-state index contributed by atoms with van der Waals surface area (Å²) >= 11 is 6.89. The number of aromatic carboxylic acids is 1. The molecule has 0 radical (unpaired) electrons. The number of aryl methyl sites for hydroxylation is 1. The van der Waals surface area contributed by atoms with Crippen molar-refractivity contribution >= 4 is 39.8 Å². The van der Waals surface area contributed by atoms with Crippen LogP contribution in [0.4, 0.5) is 5.00 Å². The number of thiophene rings is 1. The Kier molecular flexibility index (Phi) is 4.82. The number of carboxylic acid groups (broad SMARTS) is 1. The van der Waals surface area contributed by atoms with Gasteiger partial charge in [0.1, 0.15) is 10.6 Å². The monoisotopic (exact) mass is 325 g/mol. The first-order valence-electron chi connectivity index (χ1n) is 5.97. The van der Waals surface area contributed by atoms with Gasteiger partial charge in [-0.1, -0.05) is 11.6 Å². The van der Waals surface area contributed by atoms with Gasteiger partial charge in [0.25, 0.3) is 5.91 Å². The van der Waals surface area contributed by atoms with Gasteiger partial charge in [0.05, 0.1) is 5.00 Å². The molecule has 0 bridgehead atoms. The number of anilines is 1. The van der Waals surface area contributed by atoms with Crippen LogP contribution in [-0.4, -0.2) is 23.6 Å². The van der Waals surface area contributed by atoms with Crippen molar-refractivity contribution in [1.82, 2.24) is 0 Å². The molecule has 1 amide bonds. The van der Waals surface area contributed by atoms with Crippen LogP contribution in [0.15, 0.2) is 30.3 Å². The molecule has 0 fully saturated rings. The normalized spacial score (nSPS) is 10.2. The Hall–Kier alpha value is -2.05. The molecule has 0 aliphatic heterocycles. The Morgan fingerprint density at radius 2 is 2.10 bits per heavy atom. The molecule has 1 aromatic heterocycles. The Morgan fingerprint density at radius 1 is 1.33 bits per heavy atom. The third kappa shape index (κ3) is 4.21. The number of nitrogens with one attached hydrogen (secondary N) is 1. The van der Waals surface area contributed by atoms with Crippen molar-refractivity contribution in [3.8, 4) is 5.75 Å². The molecule has 0 atom stereocenters. The first-order chi connectivity index (χ1) is 9.95. The number of ether oxygens (including phenoxy) is 1. The summed E-state index contributed by atoms with van der Waals surface area (Å²) in [5.41, 5.74) is 0.860. The Bertz CT molecular complexity index is 683. The lowest BCUT2D eigenvalue weighted by Crippen LogP contribution is -2.19. The number of halogens is 1. The first kappa shape index (κ1) is 15.3. The highest BCUT2D eigenvalue weighted by Crippen LogP contribution is 2.22. The van der Waals surface area contributed by atoms with Crippen LogP contribution in [0.25, 0.3) is 0 Å². The molecule has 0 saturated heterocycles. The lowest BCUT2D eigenvalue weighted by Gasteiger charge is -2.07. The molecule has 0 spiro atoms. The molecular formula is C14H12ClNO4S. The third-order valence-electron chi connectivity index (χ3n) is 2.58. The van der Waals surface area contributed by atoms with E-state index in [1.54, 1.807) is 24.3 Å². The maximum absolute atomic E-state index is 11.7. The van der Waals surface area contributed by atoms with Crippen molar-refractivity contribution in [2.45, 2.75) is 6.92 Å². The second kappa shape index (κ2) is 6.60. The lowest BCUT2D eigenvalue weighted by atomic mass is 10.2. The zero-order valence-corrected chi connectivity index (χ0v) is 12.6. The van der Waals surface area contributed by atoms with Crippen LogP contribution in [0.5, 0.6) is 5.75 Å². The minimum atomic E-state index is -1.02. The highest BCUT2D eigenvalue weighted by Gasteiger charge is 2.10. The van der Waals surface area contributed by atoms with Crippen LogP contribution < -0.4 is 10.1 Å². The standard InChI is InChI=1S/C14H12ClNO4S/c1-8-6-9(2-3-10(8)15)20-7-12(17)16-13-5-4-11(21-13)14(18)19/h2-6H,7H2,1H3,(H,16,17)(H,18,19). The summed E-state index contributed by atoms with van der Waals surface area (Å²) in [6.07, 6.45) is 0. The third-order valence-corrected chi connectivity index (χ3v) is 3.99. The van der Waals surface area contributed by atoms with Crippen molar-refractivity contribution in [2.75, 3.05) is 11.9 Å². The van der Waals surface area contributed by atoms with E-state index in [4.69, 9.17) is 21.4 Å². The van der Waals surface area contributed by atoms with Gasteiger partial charge in [0.2, 0.25) is 0 Å². The molecule has 2 N–H and O–H groups in total. The number of hydrogen-bond donors (Lipinski definition) is 2. The fourth-order valence-corrected chi connectivity index (χ4v) is 2.43. The number of rotatable bonds is 5. The average Bonchev–Trinajstić information content (AvgIpc) is 2.89. The van der Waals surface area contributed by atoms with E-state index in [0.29, 0.717) is 15.8 Å². The van der Waals surface area contributed by atoms with Gasteiger partial charge in [-0.25, -0.2) is 4.79 Å². The van der Waals surface area contributed by atoms with Crippen LogP contribution in [0.3, 0.4) is 0 Å². The van der Waals surface area contributed by atoms with E-state index in [2.05, 4.69) is 5.32 Å². The van der Waals surface area contributed by atoms with Crippen molar-refractivity contribution in [2.24, 2.45) is 0 Å². The van der Waals surface area contributed by atoms with Crippen LogP contribution in [0, 0.1) is 6.92 Å². The molecule has 5 nitrogen and oxygen atoms in total. The van der Waals surface area contributed by atoms with E-state index in [1.807, 2.05) is 6.92 Å². The SMILES string of the molecule is Cc1cc(OCC(=O)Nc2ccc(C(=O)O)s2)ccc1Cl. The van der Waals surface area contributed by atoms with Crippen molar-refractivity contribution in [3.05, 3.63) is 45.8 Å². The molecule has 2 rings (SSSR count). The molecule has 0 aliphatic rings. The van der Waals surface area contributed by atoms with Gasteiger partial charge in [-0.15, -0.1) is 11.3 Å². The van der Waals surface area contributed by atoms with Crippen molar-refractivity contribution < 1.29 is 19.4 Å². The predicted molar refractivity (Wildman–Crippen MR) is 81.6 cm³/mol. The average molecular weight is 326 g/mol. The fraction of sp³-hybridized carbons (Fsp3) is 0.143. The number of amides is 1. The molecule has 7 heteroatoms. The topological polar surface area (TPSA) is 75.6 Å². The van der Waals surface area contributed by atoms with E-state index >= 15 is 0 Å².